The average molecular weight is 399 g/mol. The Bertz CT molecular complexity index is 815. The van der Waals surface area contributed by atoms with E-state index in [1.165, 1.54) is 0 Å². The van der Waals surface area contributed by atoms with Gasteiger partial charge in [0.1, 0.15) is 5.75 Å². The number of nitrogens with zero attached hydrogens (tertiary/aromatic N) is 1. The Morgan fingerprint density at radius 1 is 1.11 bits per heavy atom. The molecule has 148 valence electrons. The fraction of sp³-hybridized carbons (Fsp3) is 0.364. The molecule has 1 N–H and O–H groups in total. The van der Waals surface area contributed by atoms with Crippen LogP contribution in [-0.2, 0) is 11.2 Å². The number of nitrogens with one attached hydrogen (secondary N) is 1. The van der Waals surface area contributed by atoms with Crippen molar-refractivity contribution in [2.75, 3.05) is 19.7 Å². The predicted molar refractivity (Wildman–Crippen MR) is 112 cm³/mol. The molecule has 28 heavy (non-hydrogen) atoms. The van der Waals surface area contributed by atoms with Crippen molar-refractivity contribution in [1.29, 1.82) is 0 Å². The van der Waals surface area contributed by atoms with Crippen LogP contribution in [0.1, 0.15) is 35.7 Å². The molecule has 0 bridgehead atoms. The Hall–Kier alpha value is -2.47. The molecule has 1 saturated heterocycles. The van der Waals surface area contributed by atoms with Gasteiger partial charge in [-0.25, -0.2) is 0 Å². The lowest BCUT2D eigenvalue weighted by Crippen LogP contribution is -2.47. The SMILES string of the molecule is CCOc1ccc(CC(=O)NC2CCN(C(=O)c3ccccc3S)CC2)cc1. The maximum Gasteiger partial charge on any atom is 0.254 e. The number of piperidine rings is 1. The van der Waals surface area contributed by atoms with E-state index < -0.39 is 0 Å². The molecule has 0 atom stereocenters. The zero-order valence-electron chi connectivity index (χ0n) is 16.1. The number of carbonyl (C=O) groups excluding carboxylic acids is 2. The predicted octanol–water partition coefficient (Wildman–Crippen LogP) is 3.34. The van der Waals surface area contributed by atoms with Crippen molar-refractivity contribution in [2.24, 2.45) is 0 Å². The van der Waals surface area contributed by atoms with Gasteiger partial charge in [0.2, 0.25) is 5.91 Å². The van der Waals surface area contributed by atoms with Gasteiger partial charge in [0, 0.05) is 24.0 Å². The molecule has 0 saturated carbocycles. The number of hydrogen-bond acceptors (Lipinski definition) is 4. The van der Waals surface area contributed by atoms with Crippen molar-refractivity contribution >= 4 is 24.4 Å². The van der Waals surface area contributed by atoms with E-state index in [2.05, 4.69) is 17.9 Å². The minimum atomic E-state index is 0.00441. The second-order valence-electron chi connectivity index (χ2n) is 6.90. The molecule has 0 radical (unpaired) electrons. The molecule has 0 aliphatic carbocycles. The summed E-state index contributed by atoms with van der Waals surface area (Å²) in [6, 6.07) is 15.0. The lowest BCUT2D eigenvalue weighted by molar-refractivity contribution is -0.121. The molecule has 6 heteroatoms. The quantitative estimate of drug-likeness (QED) is 0.734. The fourth-order valence-corrected chi connectivity index (χ4v) is 3.64. The fourth-order valence-electron chi connectivity index (χ4n) is 3.39. The number of thiol groups is 1. The number of carbonyl (C=O) groups is 2. The van der Waals surface area contributed by atoms with Gasteiger partial charge < -0.3 is 15.0 Å². The van der Waals surface area contributed by atoms with Gasteiger partial charge in [0.05, 0.1) is 18.6 Å². The molecular weight excluding hydrogens is 372 g/mol. The van der Waals surface area contributed by atoms with Crippen molar-refractivity contribution in [3.8, 4) is 5.75 Å². The number of benzene rings is 2. The van der Waals surface area contributed by atoms with Crippen molar-refractivity contribution in [1.82, 2.24) is 10.2 Å². The van der Waals surface area contributed by atoms with Crippen LogP contribution in [0, 0.1) is 0 Å². The first-order valence-electron chi connectivity index (χ1n) is 9.65. The van der Waals surface area contributed by atoms with E-state index in [-0.39, 0.29) is 17.9 Å². The van der Waals surface area contributed by atoms with E-state index in [4.69, 9.17) is 4.74 Å². The first-order chi connectivity index (χ1) is 13.6. The Morgan fingerprint density at radius 2 is 1.79 bits per heavy atom. The molecular formula is C22H26N2O3S. The monoisotopic (exact) mass is 398 g/mol. The van der Waals surface area contributed by atoms with Gasteiger partial charge in [0.25, 0.3) is 5.91 Å². The first kappa shape index (κ1) is 20.3. The molecule has 0 unspecified atom stereocenters. The molecule has 1 aliphatic heterocycles. The second kappa shape index (κ2) is 9.64. The summed E-state index contributed by atoms with van der Waals surface area (Å²) in [5.41, 5.74) is 1.59. The Morgan fingerprint density at radius 3 is 2.43 bits per heavy atom. The maximum absolute atomic E-state index is 12.6. The van der Waals surface area contributed by atoms with Gasteiger partial charge in [-0.1, -0.05) is 24.3 Å². The number of ether oxygens (including phenoxy) is 1. The highest BCUT2D eigenvalue weighted by atomic mass is 32.1. The van der Waals surface area contributed by atoms with Gasteiger partial charge in [-0.15, -0.1) is 12.6 Å². The summed E-state index contributed by atoms with van der Waals surface area (Å²) >= 11 is 4.37. The number of amides is 2. The molecule has 1 fully saturated rings. The lowest BCUT2D eigenvalue weighted by atomic mass is 10.0. The minimum Gasteiger partial charge on any atom is -0.494 e. The normalized spacial score (nSPS) is 14.6. The topological polar surface area (TPSA) is 58.6 Å². The van der Waals surface area contributed by atoms with Crippen LogP contribution in [0.15, 0.2) is 53.4 Å². The molecule has 0 aromatic heterocycles. The summed E-state index contributed by atoms with van der Waals surface area (Å²) in [6.07, 6.45) is 1.86. The smallest absolute Gasteiger partial charge is 0.254 e. The third-order valence-electron chi connectivity index (χ3n) is 4.88. The van der Waals surface area contributed by atoms with Gasteiger partial charge in [-0.2, -0.15) is 0 Å². The van der Waals surface area contributed by atoms with Gasteiger partial charge in [-0.05, 0) is 49.6 Å². The Labute approximate surface area is 171 Å². The third-order valence-corrected chi connectivity index (χ3v) is 5.27. The summed E-state index contributed by atoms with van der Waals surface area (Å²) in [7, 11) is 0. The average Bonchev–Trinajstić information content (AvgIpc) is 2.70. The Kier molecular flexibility index (Phi) is 6.98. The van der Waals surface area contributed by atoms with Crippen molar-refractivity contribution in [2.45, 2.75) is 37.1 Å². The number of hydrogen-bond donors (Lipinski definition) is 2. The largest absolute Gasteiger partial charge is 0.494 e. The summed E-state index contributed by atoms with van der Waals surface area (Å²) in [5, 5.41) is 3.09. The zero-order valence-corrected chi connectivity index (χ0v) is 17.0. The van der Waals surface area contributed by atoms with E-state index in [0.29, 0.717) is 36.6 Å². The molecule has 2 aromatic rings. The molecule has 3 rings (SSSR count). The highest BCUT2D eigenvalue weighted by Crippen LogP contribution is 2.19. The van der Waals surface area contributed by atoms with Gasteiger partial charge in [0.15, 0.2) is 0 Å². The van der Waals surface area contributed by atoms with Crippen LogP contribution in [0.4, 0.5) is 0 Å². The Balaban J connectivity index is 1.46. The van der Waals surface area contributed by atoms with Crippen LogP contribution in [-0.4, -0.2) is 42.5 Å². The van der Waals surface area contributed by atoms with Crippen molar-refractivity contribution in [3.05, 3.63) is 59.7 Å². The third kappa shape index (κ3) is 5.29. The van der Waals surface area contributed by atoms with E-state index in [0.717, 1.165) is 24.2 Å². The molecule has 1 aliphatic rings. The van der Waals surface area contributed by atoms with Crippen LogP contribution < -0.4 is 10.1 Å². The van der Waals surface area contributed by atoms with Crippen LogP contribution in [0.3, 0.4) is 0 Å². The van der Waals surface area contributed by atoms with Gasteiger partial charge >= 0.3 is 0 Å². The molecule has 2 amide bonds. The van der Waals surface area contributed by atoms with E-state index >= 15 is 0 Å². The molecule has 5 nitrogen and oxygen atoms in total. The summed E-state index contributed by atoms with van der Waals surface area (Å²) in [5.74, 6) is 0.825. The highest BCUT2D eigenvalue weighted by molar-refractivity contribution is 7.80. The number of rotatable bonds is 6. The van der Waals surface area contributed by atoms with Gasteiger partial charge in [-0.3, -0.25) is 9.59 Å². The summed E-state index contributed by atoms with van der Waals surface area (Å²) < 4.78 is 5.42. The lowest BCUT2D eigenvalue weighted by Gasteiger charge is -2.32. The maximum atomic E-state index is 12.6. The van der Waals surface area contributed by atoms with Crippen molar-refractivity contribution in [3.63, 3.8) is 0 Å². The minimum absolute atomic E-state index is 0.00441. The zero-order chi connectivity index (χ0) is 19.9. The standard InChI is InChI=1S/C22H26N2O3S/c1-2-27-18-9-7-16(8-10-18)15-21(25)23-17-11-13-24(14-12-17)22(26)19-5-3-4-6-20(19)28/h3-10,17,28H,2,11-15H2,1H3,(H,23,25). The van der Waals surface area contributed by atoms with Crippen LogP contribution >= 0.6 is 12.6 Å². The molecule has 0 spiro atoms. The van der Waals surface area contributed by atoms with Crippen molar-refractivity contribution < 1.29 is 14.3 Å². The van der Waals surface area contributed by atoms with E-state index in [1.54, 1.807) is 6.07 Å². The number of likely N-dealkylation sites (tertiary alicyclic amines) is 1. The summed E-state index contributed by atoms with van der Waals surface area (Å²) in [6.45, 7) is 3.84. The summed E-state index contributed by atoms with van der Waals surface area (Å²) in [4.78, 5) is 27.5. The van der Waals surface area contributed by atoms with E-state index in [9.17, 15) is 9.59 Å². The van der Waals surface area contributed by atoms with E-state index in [1.807, 2.05) is 54.3 Å². The van der Waals surface area contributed by atoms with Crippen LogP contribution in [0.25, 0.3) is 0 Å². The van der Waals surface area contributed by atoms with Crippen LogP contribution in [0.2, 0.25) is 0 Å². The van der Waals surface area contributed by atoms with Crippen LogP contribution in [0.5, 0.6) is 5.75 Å². The second-order valence-corrected chi connectivity index (χ2v) is 7.39. The first-order valence-corrected chi connectivity index (χ1v) is 10.1. The molecule has 2 aromatic carbocycles. The molecule has 1 heterocycles. The highest BCUT2D eigenvalue weighted by Gasteiger charge is 2.25.